The summed E-state index contributed by atoms with van der Waals surface area (Å²) in [5.41, 5.74) is 2.42. The fourth-order valence-electron chi connectivity index (χ4n) is 9.76. The molecule has 0 saturated heterocycles. The lowest BCUT2D eigenvalue weighted by Crippen LogP contribution is -2.74. The molecule has 0 bridgehead atoms. The van der Waals surface area contributed by atoms with E-state index in [1.54, 1.807) is 44.2 Å². The minimum absolute atomic E-state index is 0.0158. The van der Waals surface area contributed by atoms with E-state index in [9.17, 15) is 0 Å². The van der Waals surface area contributed by atoms with Crippen molar-refractivity contribution < 1.29 is 25.9 Å². The van der Waals surface area contributed by atoms with Crippen LogP contribution in [-0.2, 0) is 10.8 Å². The van der Waals surface area contributed by atoms with Crippen molar-refractivity contribution in [1.82, 2.24) is 0 Å². The molecule has 2 unspecified atom stereocenters. The van der Waals surface area contributed by atoms with Crippen LogP contribution in [0.3, 0.4) is 0 Å². The van der Waals surface area contributed by atoms with E-state index < -0.39 is 46.3 Å². The summed E-state index contributed by atoms with van der Waals surface area (Å²) in [5.74, 6) is 1.02. The van der Waals surface area contributed by atoms with Gasteiger partial charge in [0.15, 0.2) is 8.07 Å². The number of benzene rings is 8. The molecule has 2 aliphatic rings. The van der Waals surface area contributed by atoms with Crippen LogP contribution in [0.15, 0.2) is 170 Å². The molecule has 3 heteroatoms. The molecule has 61 heavy (non-hydrogen) atoms. The van der Waals surface area contributed by atoms with Gasteiger partial charge in [0, 0.05) is 60.7 Å². The zero-order valence-corrected chi connectivity index (χ0v) is 35.5. The van der Waals surface area contributed by atoms with Crippen molar-refractivity contribution in [3.8, 4) is 45.3 Å². The highest BCUT2D eigenvalue weighted by molar-refractivity contribution is 7.20. The van der Waals surface area contributed by atoms with Crippen LogP contribution < -0.4 is 30.2 Å². The first-order valence-corrected chi connectivity index (χ1v) is 22.6. The molecule has 8 aromatic carbocycles. The minimum Gasteiger partial charge on any atom is -0.456 e. The Hall–Kier alpha value is -6.42. The number of rotatable bonds is 6. The first kappa shape index (κ1) is 27.4. The van der Waals surface area contributed by atoms with E-state index in [1.165, 1.54) is 18.2 Å². The minimum atomic E-state index is -3.51. The predicted molar refractivity (Wildman–Crippen MR) is 257 cm³/mol. The highest BCUT2D eigenvalue weighted by Crippen LogP contribution is 2.54. The van der Waals surface area contributed by atoms with Crippen LogP contribution in [0.4, 0.5) is 0 Å². The van der Waals surface area contributed by atoms with Crippen molar-refractivity contribution in [2.75, 3.05) is 0 Å². The van der Waals surface area contributed by atoms with E-state index in [0.717, 1.165) is 37.4 Å². The molecule has 2 aliphatic heterocycles. The van der Waals surface area contributed by atoms with Crippen LogP contribution in [0.5, 0.6) is 23.0 Å². The fraction of sp³-hybridized carbons (Fsp3) is 0.172. The van der Waals surface area contributed by atoms with Gasteiger partial charge < -0.3 is 9.47 Å². The Bertz CT molecular complexity index is 3430. The van der Waals surface area contributed by atoms with Gasteiger partial charge in [0.05, 0.1) is 0 Å². The molecule has 2 atom stereocenters. The molecule has 0 aromatic heterocycles. The van der Waals surface area contributed by atoms with Crippen LogP contribution in [0, 0.1) is 27.6 Å². The Balaban J connectivity index is 1.25. The summed E-state index contributed by atoms with van der Waals surface area (Å²) in [7, 11) is -3.51. The third-order valence-corrected chi connectivity index (χ3v) is 17.6. The van der Waals surface area contributed by atoms with E-state index >= 15 is 0 Å². The lowest BCUT2D eigenvalue weighted by molar-refractivity contribution is 0.418. The summed E-state index contributed by atoms with van der Waals surface area (Å²) in [4.78, 5) is 0. The van der Waals surface area contributed by atoms with E-state index in [1.807, 2.05) is 92.7 Å². The van der Waals surface area contributed by atoms with Gasteiger partial charge in [-0.2, -0.15) is 0 Å². The number of fused-ring (bicyclic) bond motifs is 4. The summed E-state index contributed by atoms with van der Waals surface area (Å²) < 4.78 is 119. The molecule has 0 N–H and O–H groups in total. The zero-order chi connectivity index (χ0) is 52.3. The van der Waals surface area contributed by atoms with E-state index in [-0.39, 0.29) is 28.2 Å². The third kappa shape index (κ3) is 6.04. The van der Waals surface area contributed by atoms with Crippen LogP contribution in [0.2, 0.25) is 0 Å². The standard InChI is InChI=1S/C58H52O2Si/c1-37-25-29-47-51(33-37)59-55-49(57(47,5)6)31-27-39(3)53(55)41-17-15-23-45(35-41)61(43-19-11-9-12-20-43,44-21-13-10-14-22-44)46-24-16-18-42(36-46)54-40(4)28-32-50-56(54)60-52-34-38(2)26-30-48(52)58(50,7)8/h9-36H,1-8H3/i1D3,4D3,5D3,7D3. The van der Waals surface area contributed by atoms with Gasteiger partial charge in [0.25, 0.3) is 0 Å². The van der Waals surface area contributed by atoms with Crippen LogP contribution in [-0.4, -0.2) is 8.07 Å². The Labute approximate surface area is 379 Å². The molecule has 0 amide bonds. The van der Waals surface area contributed by atoms with Gasteiger partial charge in [-0.25, -0.2) is 0 Å². The second-order valence-corrected chi connectivity index (χ2v) is 20.6. The second kappa shape index (κ2) is 14.4. The van der Waals surface area contributed by atoms with Crippen molar-refractivity contribution in [2.45, 2.75) is 65.9 Å². The topological polar surface area (TPSA) is 18.5 Å². The maximum Gasteiger partial charge on any atom is 0.179 e. The molecule has 0 spiro atoms. The largest absolute Gasteiger partial charge is 0.456 e. The summed E-state index contributed by atoms with van der Waals surface area (Å²) in [5, 5.41) is 3.86. The maximum absolute atomic E-state index is 8.97. The molecule has 8 aromatic rings. The molecule has 300 valence electrons. The van der Waals surface area contributed by atoms with Gasteiger partial charge >= 0.3 is 0 Å². The average Bonchev–Trinajstić information content (AvgIpc) is 3.33. The van der Waals surface area contributed by atoms with Crippen molar-refractivity contribution in [3.63, 3.8) is 0 Å². The monoisotopic (exact) mass is 820 g/mol. The second-order valence-electron chi connectivity index (χ2n) is 16.8. The van der Waals surface area contributed by atoms with Crippen LogP contribution >= 0.6 is 0 Å². The molecule has 2 heterocycles. The predicted octanol–water partition coefficient (Wildman–Crippen LogP) is 12.5. The van der Waals surface area contributed by atoms with Crippen LogP contribution in [0.25, 0.3) is 22.3 Å². The Kier molecular flexibility index (Phi) is 6.45. The summed E-state index contributed by atoms with van der Waals surface area (Å²) >= 11 is 0. The van der Waals surface area contributed by atoms with Crippen molar-refractivity contribution >= 4 is 28.8 Å². The van der Waals surface area contributed by atoms with E-state index in [4.69, 9.17) is 25.9 Å². The molecular weight excluding hydrogens is 757 g/mol. The molecular formula is C58H52O2Si. The number of hydrogen-bond acceptors (Lipinski definition) is 2. The molecule has 0 radical (unpaired) electrons. The summed E-state index contributed by atoms with van der Waals surface area (Å²) in [6.07, 6.45) is 0. The fourth-order valence-corrected chi connectivity index (χ4v) is 14.6. The van der Waals surface area contributed by atoms with E-state index in [0.29, 0.717) is 44.9 Å². The summed E-state index contributed by atoms with van der Waals surface area (Å²) in [6.45, 7) is -3.05. The van der Waals surface area contributed by atoms with Crippen molar-refractivity contribution in [2.24, 2.45) is 0 Å². The molecule has 0 aliphatic carbocycles. The summed E-state index contributed by atoms with van der Waals surface area (Å²) in [6, 6.07) is 53.2. The van der Waals surface area contributed by atoms with Crippen LogP contribution in [0.1, 0.15) is 88.5 Å². The maximum atomic E-state index is 8.97. The normalized spacial score (nSPS) is 21.3. The average molecular weight is 821 g/mol. The zero-order valence-electron chi connectivity index (χ0n) is 46.5. The quantitative estimate of drug-likeness (QED) is 0.123. The Morgan fingerprint density at radius 1 is 0.426 bits per heavy atom. The van der Waals surface area contributed by atoms with Crippen molar-refractivity contribution in [3.05, 3.63) is 214 Å². The first-order valence-electron chi connectivity index (χ1n) is 26.6. The van der Waals surface area contributed by atoms with E-state index in [2.05, 4.69) is 42.5 Å². The smallest absolute Gasteiger partial charge is 0.179 e. The number of aryl methyl sites for hydroxylation is 4. The highest BCUT2D eigenvalue weighted by atomic mass is 28.3. The lowest BCUT2D eigenvalue weighted by atomic mass is 9.74. The van der Waals surface area contributed by atoms with Gasteiger partial charge in [-0.3, -0.25) is 0 Å². The Morgan fingerprint density at radius 2 is 0.885 bits per heavy atom. The molecule has 10 rings (SSSR count). The van der Waals surface area contributed by atoms with Gasteiger partial charge in [-0.15, -0.1) is 0 Å². The molecule has 0 fully saturated rings. The van der Waals surface area contributed by atoms with Crippen molar-refractivity contribution in [1.29, 1.82) is 0 Å². The highest BCUT2D eigenvalue weighted by Gasteiger charge is 2.43. The van der Waals surface area contributed by atoms with Gasteiger partial charge in [0.1, 0.15) is 23.0 Å². The third-order valence-electron chi connectivity index (χ3n) is 12.8. The number of ether oxygens (including phenoxy) is 2. The number of hydrogen-bond donors (Lipinski definition) is 0. The lowest BCUT2D eigenvalue weighted by Gasteiger charge is -2.37. The van der Waals surface area contributed by atoms with Gasteiger partial charge in [0.2, 0.25) is 0 Å². The van der Waals surface area contributed by atoms with Gasteiger partial charge in [-0.1, -0.05) is 185 Å². The molecule has 0 saturated carbocycles. The molecule has 2 nitrogen and oxygen atoms in total. The Morgan fingerprint density at radius 3 is 1.39 bits per heavy atom. The SMILES string of the molecule is [2H]C([2H])([2H])c1ccc2c(c1)Oc1c(ccc(C)c1-c1cccc([Si](c3ccccc3)(c3ccccc3)c3cccc(-c4c(C([2H])([2H])[2H])ccc5c4Oc4cc(C)ccc4C5(C)C([2H])([2H])[2H])c3)c1)C2(C)C([2H])([2H])[2H]. The first-order chi connectivity index (χ1) is 34.3. The van der Waals surface area contributed by atoms with Gasteiger partial charge in [-0.05, 0) is 93.8 Å².